The van der Waals surface area contributed by atoms with E-state index in [4.69, 9.17) is 4.74 Å². The molecule has 2 aromatic rings. The lowest BCUT2D eigenvalue weighted by molar-refractivity contribution is -0.135. The van der Waals surface area contributed by atoms with Crippen molar-refractivity contribution in [2.75, 3.05) is 0 Å². The Morgan fingerprint density at radius 2 is 1.63 bits per heavy atom. The first kappa shape index (κ1) is 21.0. The molecule has 0 radical (unpaired) electrons. The summed E-state index contributed by atoms with van der Waals surface area (Å²) in [4.78, 5) is 12.7. The van der Waals surface area contributed by atoms with Crippen LogP contribution in [0.25, 0.3) is 0 Å². The fourth-order valence-corrected chi connectivity index (χ4v) is 3.17. The van der Waals surface area contributed by atoms with E-state index in [1.807, 2.05) is 44.2 Å². The minimum absolute atomic E-state index is 0.269. The Labute approximate surface area is 163 Å². The fraction of sp³-hybridized carbons (Fsp3) is 0.458. The number of rotatable bonds is 9. The Balaban J connectivity index is 2.26. The van der Waals surface area contributed by atoms with E-state index in [0.29, 0.717) is 11.5 Å². The van der Waals surface area contributed by atoms with Gasteiger partial charge in [-0.2, -0.15) is 0 Å². The normalized spacial score (nSPS) is 12.0. The molecule has 27 heavy (non-hydrogen) atoms. The van der Waals surface area contributed by atoms with E-state index < -0.39 is 0 Å². The number of phenols is 1. The third-order valence-corrected chi connectivity index (χ3v) is 4.95. The number of benzene rings is 2. The van der Waals surface area contributed by atoms with Crippen molar-refractivity contribution in [2.45, 2.75) is 72.1 Å². The first-order valence-corrected chi connectivity index (χ1v) is 10.1. The van der Waals surface area contributed by atoms with Crippen molar-refractivity contribution < 1.29 is 14.6 Å². The molecule has 3 nitrogen and oxygen atoms in total. The second kappa shape index (κ2) is 10.1. The van der Waals surface area contributed by atoms with E-state index in [0.717, 1.165) is 60.8 Å². The van der Waals surface area contributed by atoms with E-state index >= 15 is 0 Å². The van der Waals surface area contributed by atoms with Gasteiger partial charge < -0.3 is 9.84 Å². The van der Waals surface area contributed by atoms with E-state index in [1.165, 1.54) is 0 Å². The predicted molar refractivity (Wildman–Crippen MR) is 111 cm³/mol. The molecule has 0 aliphatic rings. The van der Waals surface area contributed by atoms with E-state index in [2.05, 4.69) is 13.8 Å². The molecule has 146 valence electrons. The van der Waals surface area contributed by atoms with Crippen molar-refractivity contribution >= 4 is 5.97 Å². The van der Waals surface area contributed by atoms with Gasteiger partial charge in [0.1, 0.15) is 11.5 Å². The summed E-state index contributed by atoms with van der Waals surface area (Å²) in [6.07, 6.45) is 5.83. The van der Waals surface area contributed by atoms with Gasteiger partial charge in [-0.1, -0.05) is 51.0 Å². The fourth-order valence-electron chi connectivity index (χ4n) is 3.17. The van der Waals surface area contributed by atoms with Crippen LogP contribution in [0.3, 0.4) is 0 Å². The highest BCUT2D eigenvalue weighted by Gasteiger charge is 2.21. The molecule has 3 heteroatoms. The molecule has 0 fully saturated rings. The maximum Gasteiger partial charge on any atom is 0.318 e. The number of carbonyl (C=O) groups excluding carboxylic acids is 1. The van der Waals surface area contributed by atoms with E-state index in [-0.39, 0.29) is 11.9 Å². The van der Waals surface area contributed by atoms with Gasteiger partial charge in [-0.05, 0) is 73.9 Å². The van der Waals surface area contributed by atoms with Crippen molar-refractivity contribution in [1.82, 2.24) is 0 Å². The Morgan fingerprint density at radius 1 is 1.04 bits per heavy atom. The Kier molecular flexibility index (Phi) is 7.90. The van der Waals surface area contributed by atoms with E-state index in [9.17, 15) is 9.90 Å². The molecule has 0 heterocycles. The highest BCUT2D eigenvalue weighted by atomic mass is 16.5. The van der Waals surface area contributed by atoms with Crippen LogP contribution in [-0.2, 0) is 17.6 Å². The number of esters is 1. The second-order valence-corrected chi connectivity index (χ2v) is 7.35. The molecule has 0 saturated heterocycles. The molecule has 1 atom stereocenters. The highest BCUT2D eigenvalue weighted by molar-refractivity contribution is 5.80. The van der Waals surface area contributed by atoms with Crippen LogP contribution in [-0.4, -0.2) is 11.1 Å². The van der Waals surface area contributed by atoms with Crippen LogP contribution in [0.1, 0.15) is 74.6 Å². The second-order valence-electron chi connectivity index (χ2n) is 7.35. The number of carbonyl (C=O) groups is 1. The van der Waals surface area contributed by atoms with Gasteiger partial charge in [-0.15, -0.1) is 0 Å². The molecule has 0 saturated carbocycles. The molecule has 0 spiro atoms. The molecule has 0 aliphatic carbocycles. The van der Waals surface area contributed by atoms with Gasteiger partial charge in [0.25, 0.3) is 0 Å². The molecular weight excluding hydrogens is 336 g/mol. The van der Waals surface area contributed by atoms with Crippen molar-refractivity contribution in [3.63, 3.8) is 0 Å². The molecule has 1 N–H and O–H groups in total. The molecule has 0 aliphatic heterocycles. The first-order valence-electron chi connectivity index (χ1n) is 10.1. The van der Waals surface area contributed by atoms with Gasteiger partial charge in [0, 0.05) is 0 Å². The number of aryl methyl sites for hydroxylation is 3. The smallest absolute Gasteiger partial charge is 0.318 e. The first-order chi connectivity index (χ1) is 13.0. The lowest BCUT2D eigenvalue weighted by Crippen LogP contribution is -2.17. The lowest BCUT2D eigenvalue weighted by atomic mass is 9.92. The number of phenolic OH excluding ortho intramolecular Hbond substituents is 1. The largest absolute Gasteiger partial charge is 0.507 e. The minimum atomic E-state index is -0.383. The van der Waals surface area contributed by atoms with Gasteiger partial charge in [-0.25, -0.2) is 0 Å². The van der Waals surface area contributed by atoms with Crippen LogP contribution in [0, 0.1) is 6.92 Å². The monoisotopic (exact) mass is 368 g/mol. The zero-order valence-corrected chi connectivity index (χ0v) is 17.0. The molecular formula is C24H32O3. The third-order valence-electron chi connectivity index (χ3n) is 4.95. The van der Waals surface area contributed by atoms with Crippen LogP contribution < -0.4 is 4.74 Å². The summed E-state index contributed by atoms with van der Waals surface area (Å²) in [5, 5.41) is 10.6. The van der Waals surface area contributed by atoms with Crippen LogP contribution in [0.5, 0.6) is 11.5 Å². The van der Waals surface area contributed by atoms with Gasteiger partial charge in [0.05, 0.1) is 5.92 Å². The maximum atomic E-state index is 12.7. The zero-order valence-electron chi connectivity index (χ0n) is 17.0. The van der Waals surface area contributed by atoms with Crippen molar-refractivity contribution in [3.05, 3.63) is 58.7 Å². The van der Waals surface area contributed by atoms with Crippen LogP contribution in [0.2, 0.25) is 0 Å². The van der Waals surface area contributed by atoms with Crippen molar-refractivity contribution in [1.29, 1.82) is 0 Å². The van der Waals surface area contributed by atoms with Crippen molar-refractivity contribution in [2.24, 2.45) is 0 Å². The predicted octanol–water partition coefficient (Wildman–Crippen LogP) is 6.09. The molecule has 0 amide bonds. The van der Waals surface area contributed by atoms with Crippen LogP contribution >= 0.6 is 0 Å². The maximum absolute atomic E-state index is 12.7. The van der Waals surface area contributed by atoms with Gasteiger partial charge in [0.2, 0.25) is 0 Å². The lowest BCUT2D eigenvalue weighted by Gasteiger charge is -2.17. The molecule has 0 bridgehead atoms. The number of hydrogen-bond donors (Lipinski definition) is 1. The average molecular weight is 369 g/mol. The molecule has 2 rings (SSSR count). The Hall–Kier alpha value is -2.29. The summed E-state index contributed by atoms with van der Waals surface area (Å²) in [6, 6.07) is 11.5. The molecule has 2 aromatic carbocycles. The Morgan fingerprint density at radius 3 is 2.15 bits per heavy atom. The SMILES string of the molecule is CCCCc1cc(C(C)C(=O)Oc2cccc(C)c2)cc(CCCC)c1O. The number of ether oxygens (including phenoxy) is 1. The Bertz CT molecular complexity index is 735. The zero-order chi connectivity index (χ0) is 19.8. The number of aromatic hydroxyl groups is 1. The minimum Gasteiger partial charge on any atom is -0.507 e. The third kappa shape index (κ3) is 5.85. The summed E-state index contributed by atoms with van der Waals surface area (Å²) in [5.74, 6) is 0.323. The van der Waals surface area contributed by atoms with Gasteiger partial charge in [-0.3, -0.25) is 4.79 Å². The van der Waals surface area contributed by atoms with Crippen LogP contribution in [0.4, 0.5) is 0 Å². The summed E-state index contributed by atoms with van der Waals surface area (Å²) < 4.78 is 5.58. The highest BCUT2D eigenvalue weighted by Crippen LogP contribution is 2.31. The molecule has 1 unspecified atom stereocenters. The van der Waals surface area contributed by atoms with Crippen LogP contribution in [0.15, 0.2) is 36.4 Å². The summed E-state index contributed by atoms with van der Waals surface area (Å²) in [6.45, 7) is 8.12. The standard InChI is InChI=1S/C24H32O3/c1-5-7-11-19-15-21(16-20(23(19)25)12-8-6-2)18(4)24(26)27-22-13-9-10-17(3)14-22/h9-10,13-16,18,25H,5-8,11-12H2,1-4H3. The topological polar surface area (TPSA) is 46.5 Å². The summed E-state index contributed by atoms with van der Waals surface area (Å²) >= 11 is 0. The summed E-state index contributed by atoms with van der Waals surface area (Å²) in [5.41, 5.74) is 3.86. The number of unbranched alkanes of at least 4 members (excludes halogenated alkanes) is 2. The van der Waals surface area contributed by atoms with Crippen molar-refractivity contribution in [3.8, 4) is 11.5 Å². The average Bonchev–Trinajstić information content (AvgIpc) is 2.65. The molecule has 0 aromatic heterocycles. The summed E-state index contributed by atoms with van der Waals surface area (Å²) in [7, 11) is 0. The van der Waals surface area contributed by atoms with Gasteiger partial charge in [0.15, 0.2) is 0 Å². The van der Waals surface area contributed by atoms with Gasteiger partial charge >= 0.3 is 5.97 Å². The number of hydrogen-bond acceptors (Lipinski definition) is 3. The van der Waals surface area contributed by atoms with E-state index in [1.54, 1.807) is 6.07 Å². The quantitative estimate of drug-likeness (QED) is 0.430.